The van der Waals surface area contributed by atoms with Gasteiger partial charge in [0.15, 0.2) is 0 Å². The Morgan fingerprint density at radius 2 is 1.84 bits per heavy atom. The van der Waals surface area contributed by atoms with Crippen LogP contribution in [0.5, 0.6) is 0 Å². The molecule has 25 heavy (non-hydrogen) atoms. The molecular weight excluding hydrogens is 312 g/mol. The molecule has 0 aromatic heterocycles. The molecule has 1 aliphatic rings. The summed E-state index contributed by atoms with van der Waals surface area (Å²) in [4.78, 5) is 26.2. The summed E-state index contributed by atoms with van der Waals surface area (Å²) in [6.45, 7) is 3.92. The van der Waals surface area contributed by atoms with Crippen molar-refractivity contribution in [2.45, 2.75) is 39.3 Å². The maximum absolute atomic E-state index is 12.4. The van der Waals surface area contributed by atoms with Crippen LogP contribution in [0.2, 0.25) is 0 Å². The molecular formula is C21H24N2O2. The van der Waals surface area contributed by atoms with Crippen LogP contribution in [0.1, 0.15) is 35.1 Å². The fourth-order valence-electron chi connectivity index (χ4n) is 3.20. The van der Waals surface area contributed by atoms with Crippen molar-refractivity contribution in [1.29, 1.82) is 0 Å². The Balaban J connectivity index is 1.44. The van der Waals surface area contributed by atoms with E-state index in [0.717, 1.165) is 18.5 Å². The van der Waals surface area contributed by atoms with Crippen LogP contribution in [0.3, 0.4) is 0 Å². The van der Waals surface area contributed by atoms with Crippen LogP contribution in [-0.2, 0) is 29.1 Å². The molecule has 2 amide bonds. The highest BCUT2D eigenvalue weighted by atomic mass is 16.2. The zero-order valence-electron chi connectivity index (χ0n) is 14.6. The second-order valence-corrected chi connectivity index (χ2v) is 6.60. The lowest BCUT2D eigenvalue weighted by Crippen LogP contribution is -2.36. The third-order valence-electron chi connectivity index (χ3n) is 4.62. The van der Waals surface area contributed by atoms with E-state index in [-0.39, 0.29) is 24.7 Å². The van der Waals surface area contributed by atoms with Gasteiger partial charge in [0.1, 0.15) is 0 Å². The predicted molar refractivity (Wildman–Crippen MR) is 97.8 cm³/mol. The van der Waals surface area contributed by atoms with E-state index in [2.05, 4.69) is 23.5 Å². The molecule has 0 aliphatic carbocycles. The van der Waals surface area contributed by atoms with Gasteiger partial charge in [0.25, 0.3) is 0 Å². The maximum Gasteiger partial charge on any atom is 0.223 e. The number of fused-ring (bicyclic) bond motifs is 1. The summed E-state index contributed by atoms with van der Waals surface area (Å²) in [6, 6.07) is 16.3. The predicted octanol–water partition coefficient (Wildman–Crippen LogP) is 2.98. The van der Waals surface area contributed by atoms with Gasteiger partial charge in [0.05, 0.1) is 0 Å². The normalized spacial score (nSPS) is 13.2. The summed E-state index contributed by atoms with van der Waals surface area (Å²) in [6.07, 6.45) is 1.39. The fraction of sp³-hybridized carbons (Fsp3) is 0.333. The van der Waals surface area contributed by atoms with Gasteiger partial charge in [-0.2, -0.15) is 0 Å². The van der Waals surface area contributed by atoms with Crippen molar-refractivity contribution < 1.29 is 9.59 Å². The number of aryl methyl sites for hydroxylation is 1. The highest BCUT2D eigenvalue weighted by molar-refractivity contribution is 5.83. The Labute approximate surface area is 148 Å². The minimum Gasteiger partial charge on any atom is -0.352 e. The topological polar surface area (TPSA) is 49.4 Å². The number of hydrogen-bond acceptors (Lipinski definition) is 2. The van der Waals surface area contributed by atoms with Crippen LogP contribution in [0.4, 0.5) is 0 Å². The Hall–Kier alpha value is -2.62. The van der Waals surface area contributed by atoms with E-state index in [9.17, 15) is 9.59 Å². The SMILES string of the molecule is Cc1cccc(CNC(=O)CCC(=O)N2CCc3ccccc3C2)c1. The molecule has 3 rings (SSSR count). The van der Waals surface area contributed by atoms with Gasteiger partial charge in [-0.25, -0.2) is 0 Å². The lowest BCUT2D eigenvalue weighted by molar-refractivity contribution is -0.134. The summed E-state index contributed by atoms with van der Waals surface area (Å²) in [5, 5.41) is 2.89. The molecule has 4 nitrogen and oxygen atoms in total. The second kappa shape index (κ2) is 7.97. The van der Waals surface area contributed by atoms with Gasteiger partial charge in [-0.05, 0) is 30.0 Å². The Morgan fingerprint density at radius 3 is 2.64 bits per heavy atom. The first-order valence-corrected chi connectivity index (χ1v) is 8.78. The van der Waals surface area contributed by atoms with E-state index in [1.165, 1.54) is 16.7 Å². The zero-order chi connectivity index (χ0) is 17.6. The quantitative estimate of drug-likeness (QED) is 0.912. The average molecular weight is 336 g/mol. The van der Waals surface area contributed by atoms with Crippen LogP contribution in [0, 0.1) is 6.92 Å². The molecule has 0 saturated heterocycles. The smallest absolute Gasteiger partial charge is 0.223 e. The number of amides is 2. The summed E-state index contributed by atoms with van der Waals surface area (Å²) >= 11 is 0. The van der Waals surface area contributed by atoms with Crippen LogP contribution in [0.15, 0.2) is 48.5 Å². The first-order valence-electron chi connectivity index (χ1n) is 8.78. The zero-order valence-corrected chi connectivity index (χ0v) is 14.6. The van der Waals surface area contributed by atoms with Gasteiger partial charge in [0.2, 0.25) is 11.8 Å². The van der Waals surface area contributed by atoms with Crippen molar-refractivity contribution in [3.63, 3.8) is 0 Å². The van der Waals surface area contributed by atoms with E-state index in [1.54, 1.807) is 0 Å². The minimum atomic E-state index is -0.0766. The molecule has 0 fully saturated rings. The number of nitrogens with one attached hydrogen (secondary N) is 1. The largest absolute Gasteiger partial charge is 0.352 e. The van der Waals surface area contributed by atoms with Gasteiger partial charge < -0.3 is 10.2 Å². The summed E-state index contributed by atoms with van der Waals surface area (Å²) in [7, 11) is 0. The van der Waals surface area contributed by atoms with Gasteiger partial charge in [-0.15, -0.1) is 0 Å². The van der Waals surface area contributed by atoms with Crippen LogP contribution >= 0.6 is 0 Å². The number of benzene rings is 2. The number of hydrogen-bond donors (Lipinski definition) is 1. The molecule has 1 N–H and O–H groups in total. The summed E-state index contributed by atoms with van der Waals surface area (Å²) < 4.78 is 0. The standard InChI is InChI=1S/C21H24N2O2/c1-16-5-4-6-17(13-16)14-22-20(24)9-10-21(25)23-12-11-18-7-2-3-8-19(18)15-23/h2-8,13H,9-12,14-15H2,1H3,(H,22,24). The number of carbonyl (C=O) groups is 2. The molecule has 0 radical (unpaired) electrons. The van der Waals surface area contributed by atoms with Crippen LogP contribution < -0.4 is 5.32 Å². The molecule has 2 aromatic rings. The molecule has 1 aliphatic heterocycles. The van der Waals surface area contributed by atoms with Crippen LogP contribution in [0.25, 0.3) is 0 Å². The van der Waals surface area contributed by atoms with Gasteiger partial charge >= 0.3 is 0 Å². The summed E-state index contributed by atoms with van der Waals surface area (Å²) in [5.41, 5.74) is 4.79. The Kier molecular flexibility index (Phi) is 5.49. The third kappa shape index (κ3) is 4.69. The minimum absolute atomic E-state index is 0.0557. The highest BCUT2D eigenvalue weighted by Crippen LogP contribution is 2.19. The highest BCUT2D eigenvalue weighted by Gasteiger charge is 2.20. The monoisotopic (exact) mass is 336 g/mol. The van der Waals surface area contributed by atoms with Crippen LogP contribution in [-0.4, -0.2) is 23.3 Å². The molecule has 0 saturated carbocycles. The average Bonchev–Trinajstić information content (AvgIpc) is 2.64. The number of nitrogens with zero attached hydrogens (tertiary/aromatic N) is 1. The molecule has 0 atom stereocenters. The number of carbonyl (C=O) groups excluding carboxylic acids is 2. The van der Waals surface area contributed by atoms with Crippen molar-refractivity contribution in [3.05, 3.63) is 70.8 Å². The van der Waals surface area contributed by atoms with E-state index in [4.69, 9.17) is 0 Å². The third-order valence-corrected chi connectivity index (χ3v) is 4.62. The Bertz CT molecular complexity index is 770. The Morgan fingerprint density at radius 1 is 1.04 bits per heavy atom. The fourth-order valence-corrected chi connectivity index (χ4v) is 3.20. The molecule has 130 valence electrons. The van der Waals surface area contributed by atoms with E-state index < -0.39 is 0 Å². The molecule has 1 heterocycles. The maximum atomic E-state index is 12.4. The van der Waals surface area contributed by atoms with Crippen molar-refractivity contribution >= 4 is 11.8 Å². The molecule has 4 heteroatoms. The van der Waals surface area contributed by atoms with Crippen molar-refractivity contribution in [1.82, 2.24) is 10.2 Å². The van der Waals surface area contributed by atoms with Gasteiger partial charge in [-0.1, -0.05) is 54.1 Å². The lowest BCUT2D eigenvalue weighted by atomic mass is 9.99. The molecule has 0 unspecified atom stereocenters. The first-order chi connectivity index (χ1) is 12.1. The molecule has 2 aromatic carbocycles. The van der Waals surface area contributed by atoms with E-state index >= 15 is 0 Å². The van der Waals surface area contributed by atoms with E-state index in [1.807, 2.05) is 42.2 Å². The van der Waals surface area contributed by atoms with Crippen molar-refractivity contribution in [2.75, 3.05) is 6.54 Å². The van der Waals surface area contributed by atoms with Crippen molar-refractivity contribution in [3.8, 4) is 0 Å². The second-order valence-electron chi connectivity index (χ2n) is 6.60. The van der Waals surface area contributed by atoms with Gasteiger partial charge in [0, 0.05) is 32.5 Å². The molecule has 0 bridgehead atoms. The van der Waals surface area contributed by atoms with E-state index in [0.29, 0.717) is 13.1 Å². The van der Waals surface area contributed by atoms with Crippen molar-refractivity contribution in [2.24, 2.45) is 0 Å². The van der Waals surface area contributed by atoms with Gasteiger partial charge in [-0.3, -0.25) is 9.59 Å². The number of rotatable bonds is 5. The first kappa shape index (κ1) is 17.2. The lowest BCUT2D eigenvalue weighted by Gasteiger charge is -2.28. The summed E-state index contributed by atoms with van der Waals surface area (Å²) in [5.74, 6) is -0.0209. The molecule has 0 spiro atoms.